The molecule has 84 heavy (non-hydrogen) atoms. The summed E-state index contributed by atoms with van der Waals surface area (Å²) in [6.45, 7) is 0. The largest absolute Gasteiger partial charge is 0.0622 e. The van der Waals surface area contributed by atoms with E-state index in [1.165, 1.54) is 62.2 Å². The number of aromatic nitrogens is 4. The van der Waals surface area contributed by atoms with Crippen molar-refractivity contribution >= 4 is 159 Å². The molecule has 0 fully saturated rings. The molecule has 2 N–H and O–H groups in total. The van der Waals surface area contributed by atoms with E-state index in [9.17, 15) is 8.78 Å². The average Bonchev–Trinajstić information content (AvgIpc) is 3.66. The zero-order valence-electron chi connectivity index (χ0n) is 43.3. The second-order valence-electron chi connectivity index (χ2n) is 17.1. The van der Waals surface area contributed by atoms with Crippen LogP contribution in [0.25, 0.3) is 33.3 Å². The summed E-state index contributed by atoms with van der Waals surface area (Å²) < 4.78 is 26.5. The summed E-state index contributed by atoms with van der Waals surface area (Å²) in [6.07, 6.45) is 3.27. The summed E-state index contributed by atoms with van der Waals surface area (Å²) in [7, 11) is 6.92. The van der Waals surface area contributed by atoms with Gasteiger partial charge >= 0.3 is 42.1 Å². The van der Waals surface area contributed by atoms with Gasteiger partial charge in [0.1, 0.15) is 16.8 Å². The SMILES string of the molecule is C.Clc1cc(Cl)c2cccnc2n1.Fc1ccc(Cl)cc1-c1cc(Cl)c2cccnc2n1.OB(O)c1cc(Cl)ccc1F.[Cl][Pd][Cl].c1ccc(P(c2ccccc2)c2ccccc2)cc1.c1ccc(P(c2ccccc2)c2ccccc2)cc1. The Hall–Kier alpha value is -5.72. The molecule has 4 heterocycles. The topological polar surface area (TPSA) is 92.0 Å². The number of benzene rings is 8. The summed E-state index contributed by atoms with van der Waals surface area (Å²) in [5.74, 6) is -1.08. The molecule has 4 aromatic heterocycles. The van der Waals surface area contributed by atoms with Gasteiger partial charge in [0, 0.05) is 44.2 Å². The number of rotatable bonds is 8. The Labute approximate surface area is 532 Å². The van der Waals surface area contributed by atoms with Crippen LogP contribution in [0.4, 0.5) is 8.78 Å². The molecule has 0 aliphatic rings. The molecule has 0 bridgehead atoms. The van der Waals surface area contributed by atoms with Gasteiger partial charge in [-0.25, -0.2) is 28.7 Å². The molecule has 0 saturated carbocycles. The van der Waals surface area contributed by atoms with Gasteiger partial charge in [0.05, 0.1) is 15.7 Å². The molecule has 0 unspecified atom stereocenters. The van der Waals surface area contributed by atoms with Crippen molar-refractivity contribution in [3.05, 3.63) is 304 Å². The predicted octanol–water partition coefficient (Wildman–Crippen LogP) is 16.7. The first-order valence-electron chi connectivity index (χ1n) is 24.8. The molecular formula is C65H50BCl7F2N4O2P2Pd. The molecule has 0 aliphatic heterocycles. The number of halogens is 9. The van der Waals surface area contributed by atoms with Crippen LogP contribution in [0.5, 0.6) is 0 Å². The van der Waals surface area contributed by atoms with E-state index < -0.39 is 34.6 Å². The summed E-state index contributed by atoms with van der Waals surface area (Å²) in [5, 5.41) is 29.3. The summed E-state index contributed by atoms with van der Waals surface area (Å²) in [4.78, 5) is 16.5. The fraction of sp³-hybridized carbons (Fsp3) is 0.0154. The molecule has 428 valence electrons. The van der Waals surface area contributed by atoms with Crippen LogP contribution in [0.2, 0.25) is 25.2 Å². The standard InChI is InChI=1S/2C18H15P.C14H7Cl2FN2.C8H4Cl2N2.C6H5BClFO2.CH4.2ClH.Pd/c2*1-4-10-16(11-5-1)19(17-12-6-2-7-13-17)18-14-8-3-9-15-18;15-8-3-4-12(17)10(6-8)13-7-11(16)9-2-1-5-18-14(9)19-13;9-6-4-7(10)12-8-5(6)2-1-3-11-8;8-4-1-2-6(9)5(3-4)7(10)11;;;;/h2*1-15H;1-7H;1-4H;1-3,10-11H;1H4;2*1H;/q;;;;;;;;+2/p-2. The maximum Gasteiger partial charge on any atom is -0.0134 e. The molecule has 8 aromatic carbocycles. The molecule has 12 rings (SSSR count). The molecule has 12 aromatic rings. The number of hydrogen-bond acceptors (Lipinski definition) is 6. The van der Waals surface area contributed by atoms with Crippen LogP contribution < -0.4 is 37.3 Å². The van der Waals surface area contributed by atoms with Crippen molar-refractivity contribution in [3.63, 3.8) is 0 Å². The Kier molecular flexibility index (Phi) is 28.6. The van der Waals surface area contributed by atoms with Crippen molar-refractivity contribution in [1.82, 2.24) is 19.9 Å². The monoisotopic (exact) mass is 1380 g/mol. The minimum atomic E-state index is -1.81. The maximum absolute atomic E-state index is 13.8. The van der Waals surface area contributed by atoms with Crippen molar-refractivity contribution in [1.29, 1.82) is 0 Å². The Morgan fingerprint density at radius 3 is 1.08 bits per heavy atom. The molecule has 0 atom stereocenters. The van der Waals surface area contributed by atoms with Gasteiger partial charge in [-0.3, -0.25) is 0 Å². The number of nitrogens with zero attached hydrogens (tertiary/aromatic N) is 4. The first-order chi connectivity index (χ1) is 40.3. The average molecular weight is 1380 g/mol. The third kappa shape index (κ3) is 20.2. The van der Waals surface area contributed by atoms with E-state index in [2.05, 4.69) is 202 Å². The Bertz CT molecular complexity index is 3610. The van der Waals surface area contributed by atoms with E-state index >= 15 is 0 Å². The van der Waals surface area contributed by atoms with Crippen LogP contribution >= 0.6 is 92.9 Å². The Balaban J connectivity index is 0.000000168. The number of fused-ring (bicyclic) bond motifs is 2. The molecule has 0 saturated heterocycles. The van der Waals surface area contributed by atoms with Gasteiger partial charge in [-0.15, -0.1) is 0 Å². The first-order valence-corrected chi connectivity index (χ1v) is 33.4. The quantitative estimate of drug-likeness (QED) is 0.0895. The second kappa shape index (κ2) is 35.7. The van der Waals surface area contributed by atoms with Gasteiger partial charge in [-0.05, 0) is 120 Å². The molecule has 19 heteroatoms. The smallest absolute Gasteiger partial charge is 0.0134 e. The van der Waals surface area contributed by atoms with E-state index in [4.69, 9.17) is 87.1 Å². The van der Waals surface area contributed by atoms with Gasteiger partial charge in [-0.1, -0.05) is 247 Å². The first kappa shape index (κ1) is 67.4. The third-order valence-corrected chi connectivity index (χ3v) is 17.7. The van der Waals surface area contributed by atoms with Gasteiger partial charge in [-0.2, -0.15) is 0 Å². The minimum Gasteiger partial charge on any atom is -0.0622 e. The normalized spacial score (nSPS) is 10.3. The van der Waals surface area contributed by atoms with Crippen LogP contribution in [0, 0.1) is 11.6 Å². The van der Waals surface area contributed by atoms with E-state index in [-0.39, 0.29) is 33.9 Å². The third-order valence-electron chi connectivity index (χ3n) is 11.6. The molecular weight excluding hydrogens is 1330 g/mol. The van der Waals surface area contributed by atoms with Crippen molar-refractivity contribution in [2.24, 2.45) is 0 Å². The van der Waals surface area contributed by atoms with Crippen molar-refractivity contribution in [2.45, 2.75) is 7.43 Å². The predicted molar refractivity (Wildman–Crippen MR) is 354 cm³/mol. The summed E-state index contributed by atoms with van der Waals surface area (Å²) in [5.41, 5.74) is 1.56. The van der Waals surface area contributed by atoms with Gasteiger partial charge in [0.2, 0.25) is 0 Å². The molecule has 0 spiro atoms. The minimum absolute atomic E-state index is 0. The maximum atomic E-state index is 13.8. The molecule has 6 nitrogen and oxygen atoms in total. The fourth-order valence-corrected chi connectivity index (χ4v) is 13.6. The van der Waals surface area contributed by atoms with E-state index in [1.54, 1.807) is 30.6 Å². The van der Waals surface area contributed by atoms with Crippen LogP contribution in [0.3, 0.4) is 0 Å². The van der Waals surface area contributed by atoms with Crippen LogP contribution in [0.1, 0.15) is 7.43 Å². The molecule has 0 aliphatic carbocycles. The second-order valence-corrected chi connectivity index (χ2v) is 25.9. The van der Waals surface area contributed by atoms with Crippen LogP contribution in [0.15, 0.2) is 267 Å². The zero-order chi connectivity index (χ0) is 58.9. The zero-order valence-corrected chi connectivity index (χ0v) is 51.9. The van der Waals surface area contributed by atoms with Crippen molar-refractivity contribution < 1.29 is 34.8 Å². The van der Waals surface area contributed by atoms with Gasteiger partial charge in [0.25, 0.3) is 0 Å². The van der Waals surface area contributed by atoms with E-state index in [0.717, 1.165) is 16.8 Å². The Morgan fingerprint density at radius 1 is 0.393 bits per heavy atom. The van der Waals surface area contributed by atoms with Crippen LogP contribution in [-0.4, -0.2) is 37.1 Å². The molecule has 0 radical (unpaired) electrons. The van der Waals surface area contributed by atoms with Gasteiger partial charge < -0.3 is 10.0 Å². The summed E-state index contributed by atoms with van der Waals surface area (Å²) in [6, 6.07) is 83.0. The number of hydrogen-bond donors (Lipinski definition) is 2. The van der Waals surface area contributed by atoms with Crippen molar-refractivity contribution in [2.75, 3.05) is 0 Å². The van der Waals surface area contributed by atoms with Crippen LogP contribution in [-0.2, 0) is 15.9 Å². The van der Waals surface area contributed by atoms with E-state index in [1.807, 2.05) is 18.2 Å². The summed E-state index contributed by atoms with van der Waals surface area (Å²) >= 11 is 29.0. The van der Waals surface area contributed by atoms with Gasteiger partial charge in [0.15, 0.2) is 11.3 Å². The fourth-order valence-electron chi connectivity index (χ4n) is 7.91. The van der Waals surface area contributed by atoms with E-state index in [0.29, 0.717) is 42.8 Å². The molecule has 0 amide bonds. The Morgan fingerprint density at radius 2 is 0.726 bits per heavy atom. The van der Waals surface area contributed by atoms with Crippen molar-refractivity contribution in [3.8, 4) is 11.3 Å². The number of pyridine rings is 4.